The second-order valence-corrected chi connectivity index (χ2v) is 14.2. The molecule has 4 aromatic heterocycles. The van der Waals surface area contributed by atoms with E-state index < -0.39 is 0 Å². The van der Waals surface area contributed by atoms with Gasteiger partial charge in [0.25, 0.3) is 0 Å². The Hall–Kier alpha value is -7.70. The Morgan fingerprint density at radius 3 is 1.75 bits per heavy atom. The van der Waals surface area contributed by atoms with Crippen molar-refractivity contribution in [3.63, 3.8) is 0 Å². The van der Waals surface area contributed by atoms with Crippen LogP contribution in [0.4, 0.5) is 0 Å². The SMILES string of the molecule is c1ccc(-c2nc(-c3ccccc3)n(-c3ccc4c5ccccc5n(-c5ccccc5-n5c6ccccc6c6ccc7oc8ccccc8c7c65)c4c3)n2)cc1. The Labute approximate surface area is 320 Å². The Balaban J connectivity index is 1.16. The maximum absolute atomic E-state index is 6.46. The lowest BCUT2D eigenvalue weighted by Crippen LogP contribution is -2.04. The molecule has 6 nitrogen and oxygen atoms in total. The van der Waals surface area contributed by atoms with Gasteiger partial charge in [-0.25, -0.2) is 9.67 Å². The summed E-state index contributed by atoms with van der Waals surface area (Å²) in [7, 11) is 0. The quantitative estimate of drug-likeness (QED) is 0.178. The fourth-order valence-electron chi connectivity index (χ4n) is 8.68. The molecule has 0 unspecified atom stereocenters. The fourth-order valence-corrected chi connectivity index (χ4v) is 8.68. The molecule has 0 spiro atoms. The van der Waals surface area contributed by atoms with Crippen LogP contribution in [0.15, 0.2) is 192 Å². The smallest absolute Gasteiger partial charge is 0.182 e. The van der Waals surface area contributed by atoms with Crippen LogP contribution in [0.25, 0.3) is 105 Å². The Bertz CT molecular complexity index is 3480. The van der Waals surface area contributed by atoms with E-state index in [1.54, 1.807) is 0 Å². The predicted octanol–water partition coefficient (Wildman–Crippen LogP) is 12.7. The largest absolute Gasteiger partial charge is 0.456 e. The lowest BCUT2D eigenvalue weighted by molar-refractivity contribution is 0.669. The zero-order chi connectivity index (χ0) is 36.7. The van der Waals surface area contributed by atoms with Crippen LogP contribution in [0.2, 0.25) is 0 Å². The summed E-state index contributed by atoms with van der Waals surface area (Å²) in [6.45, 7) is 0. The number of furan rings is 1. The minimum atomic E-state index is 0.680. The van der Waals surface area contributed by atoms with E-state index in [2.05, 4.69) is 155 Å². The first-order chi connectivity index (χ1) is 27.8. The number of hydrogen-bond acceptors (Lipinski definition) is 3. The standard InChI is InChI=1S/C50H31N5O/c1-3-15-32(16-4-1)49-51-50(33-17-5-2-6-18-33)55(52-49)34-27-28-37-35-19-7-10-22-40(35)53(44(37)31-34)42-24-12-13-25-43(42)54-41-23-11-8-20-36(41)38-29-30-46-47(48(38)54)39-21-9-14-26-45(39)56-46/h1-31H. The average molecular weight is 718 g/mol. The van der Waals surface area contributed by atoms with Crippen LogP contribution < -0.4 is 0 Å². The molecule has 0 aliphatic rings. The van der Waals surface area contributed by atoms with Crippen LogP contribution in [0.1, 0.15) is 0 Å². The van der Waals surface area contributed by atoms with Gasteiger partial charge in [0.2, 0.25) is 0 Å². The molecule has 0 aliphatic heterocycles. The summed E-state index contributed by atoms with van der Waals surface area (Å²) in [4.78, 5) is 5.11. The molecule has 0 N–H and O–H groups in total. The fraction of sp³-hybridized carbons (Fsp3) is 0. The van der Waals surface area contributed by atoms with E-state index >= 15 is 0 Å². The third-order valence-electron chi connectivity index (χ3n) is 11.1. The number of fused-ring (bicyclic) bond motifs is 10. The van der Waals surface area contributed by atoms with Gasteiger partial charge in [0.05, 0.1) is 44.5 Å². The van der Waals surface area contributed by atoms with Crippen molar-refractivity contribution < 1.29 is 4.42 Å². The van der Waals surface area contributed by atoms with E-state index in [9.17, 15) is 0 Å². The molecule has 0 fully saturated rings. The highest BCUT2D eigenvalue weighted by atomic mass is 16.3. The molecular formula is C50H31N5O. The van der Waals surface area contributed by atoms with Gasteiger partial charge in [-0.05, 0) is 54.6 Å². The van der Waals surface area contributed by atoms with Gasteiger partial charge in [-0.2, -0.15) is 0 Å². The maximum atomic E-state index is 6.46. The zero-order valence-electron chi connectivity index (χ0n) is 30.0. The molecular weight excluding hydrogens is 687 g/mol. The van der Waals surface area contributed by atoms with Crippen LogP contribution in [-0.4, -0.2) is 23.9 Å². The van der Waals surface area contributed by atoms with Gasteiger partial charge in [-0.1, -0.05) is 133 Å². The minimum absolute atomic E-state index is 0.680. The van der Waals surface area contributed by atoms with Crippen LogP contribution in [0.3, 0.4) is 0 Å². The van der Waals surface area contributed by atoms with Crippen molar-refractivity contribution in [2.75, 3.05) is 0 Å². The highest BCUT2D eigenvalue weighted by Crippen LogP contribution is 2.43. The number of benzene rings is 8. The maximum Gasteiger partial charge on any atom is 0.182 e. The summed E-state index contributed by atoms with van der Waals surface area (Å²) in [6, 6.07) is 65.9. The molecule has 6 heteroatoms. The van der Waals surface area contributed by atoms with Gasteiger partial charge in [0.15, 0.2) is 11.6 Å². The summed E-state index contributed by atoms with van der Waals surface area (Å²) >= 11 is 0. The molecule has 12 rings (SSSR count). The highest BCUT2D eigenvalue weighted by molar-refractivity contribution is 6.24. The molecule has 56 heavy (non-hydrogen) atoms. The van der Waals surface area contributed by atoms with Gasteiger partial charge in [-0.15, -0.1) is 5.10 Å². The van der Waals surface area contributed by atoms with E-state index in [1.807, 2.05) is 47.1 Å². The molecule has 0 atom stereocenters. The highest BCUT2D eigenvalue weighted by Gasteiger charge is 2.23. The van der Waals surface area contributed by atoms with Crippen molar-refractivity contribution in [3.8, 4) is 39.8 Å². The van der Waals surface area contributed by atoms with E-state index in [4.69, 9.17) is 14.5 Å². The van der Waals surface area contributed by atoms with Crippen molar-refractivity contribution in [2.24, 2.45) is 0 Å². The van der Waals surface area contributed by atoms with Crippen molar-refractivity contribution in [2.45, 2.75) is 0 Å². The van der Waals surface area contributed by atoms with Crippen molar-refractivity contribution in [1.29, 1.82) is 0 Å². The topological polar surface area (TPSA) is 53.7 Å². The van der Waals surface area contributed by atoms with Gasteiger partial charge in [0, 0.05) is 38.1 Å². The van der Waals surface area contributed by atoms with E-state index in [0.717, 1.165) is 83.4 Å². The second kappa shape index (κ2) is 11.9. The van der Waals surface area contributed by atoms with Crippen LogP contribution in [0, 0.1) is 0 Å². The van der Waals surface area contributed by atoms with Crippen molar-refractivity contribution in [1.82, 2.24) is 23.9 Å². The van der Waals surface area contributed by atoms with Crippen molar-refractivity contribution >= 4 is 65.6 Å². The molecule has 0 radical (unpaired) electrons. The van der Waals surface area contributed by atoms with Crippen LogP contribution in [0.5, 0.6) is 0 Å². The van der Waals surface area contributed by atoms with Gasteiger partial charge in [-0.3, -0.25) is 0 Å². The van der Waals surface area contributed by atoms with Crippen LogP contribution in [-0.2, 0) is 0 Å². The van der Waals surface area contributed by atoms with E-state index in [-0.39, 0.29) is 0 Å². The molecule has 0 bridgehead atoms. The molecule has 0 amide bonds. The summed E-state index contributed by atoms with van der Waals surface area (Å²) in [5, 5.41) is 12.1. The molecule has 0 saturated heterocycles. The molecule has 12 aromatic rings. The summed E-state index contributed by atoms with van der Waals surface area (Å²) in [5.74, 6) is 1.47. The Kier molecular flexibility index (Phi) is 6.53. The first kappa shape index (κ1) is 30.7. The Morgan fingerprint density at radius 2 is 0.982 bits per heavy atom. The number of rotatable bonds is 5. The number of hydrogen-bond donors (Lipinski definition) is 0. The molecule has 0 aliphatic carbocycles. The molecule has 0 saturated carbocycles. The number of aromatic nitrogens is 5. The number of para-hydroxylation sites is 5. The van der Waals surface area contributed by atoms with Gasteiger partial charge in [0.1, 0.15) is 11.2 Å². The Morgan fingerprint density at radius 1 is 0.411 bits per heavy atom. The third-order valence-corrected chi connectivity index (χ3v) is 11.1. The monoisotopic (exact) mass is 717 g/mol. The minimum Gasteiger partial charge on any atom is -0.456 e. The van der Waals surface area contributed by atoms with Gasteiger partial charge < -0.3 is 13.6 Å². The first-order valence-electron chi connectivity index (χ1n) is 18.8. The average Bonchev–Trinajstić information content (AvgIpc) is 4.04. The summed E-state index contributed by atoms with van der Waals surface area (Å²) in [5.41, 5.74) is 11.3. The first-order valence-corrected chi connectivity index (χ1v) is 18.8. The van der Waals surface area contributed by atoms with Crippen molar-refractivity contribution in [3.05, 3.63) is 188 Å². The van der Waals surface area contributed by atoms with E-state index in [0.29, 0.717) is 5.82 Å². The van der Waals surface area contributed by atoms with E-state index in [1.165, 1.54) is 16.2 Å². The summed E-state index contributed by atoms with van der Waals surface area (Å²) < 4.78 is 13.3. The second-order valence-electron chi connectivity index (χ2n) is 14.2. The normalized spacial score (nSPS) is 11.9. The molecule has 4 heterocycles. The lowest BCUT2D eigenvalue weighted by Gasteiger charge is -2.17. The van der Waals surface area contributed by atoms with Crippen LogP contribution >= 0.6 is 0 Å². The number of nitrogens with zero attached hydrogens (tertiary/aromatic N) is 5. The van der Waals surface area contributed by atoms with Gasteiger partial charge >= 0.3 is 0 Å². The molecule has 262 valence electrons. The third kappa shape index (κ3) is 4.44. The zero-order valence-corrected chi connectivity index (χ0v) is 30.0. The summed E-state index contributed by atoms with van der Waals surface area (Å²) in [6.07, 6.45) is 0. The predicted molar refractivity (Wildman–Crippen MR) is 228 cm³/mol. The lowest BCUT2D eigenvalue weighted by atomic mass is 10.1. The molecule has 8 aromatic carbocycles.